The van der Waals surface area contributed by atoms with Crippen molar-refractivity contribution in [2.24, 2.45) is 0 Å². The number of hydrogen-bond donors (Lipinski definition) is 1. The van der Waals surface area contributed by atoms with Crippen molar-refractivity contribution in [1.82, 2.24) is 9.62 Å². The molecule has 0 aliphatic carbocycles. The van der Waals surface area contributed by atoms with E-state index in [0.717, 1.165) is 38.9 Å². The SMILES string of the molecule is CCCN1CCC(NS(=O)(=O)c2ccc(F)cc2C)CC1. The zero-order valence-corrected chi connectivity index (χ0v) is 13.4. The zero-order chi connectivity index (χ0) is 15.5. The molecule has 118 valence electrons. The van der Waals surface area contributed by atoms with E-state index in [1.807, 2.05) is 0 Å². The maximum atomic E-state index is 13.1. The van der Waals surface area contributed by atoms with Crippen LogP contribution in [-0.4, -0.2) is 39.0 Å². The monoisotopic (exact) mass is 314 g/mol. The van der Waals surface area contributed by atoms with Crippen molar-refractivity contribution < 1.29 is 12.8 Å². The van der Waals surface area contributed by atoms with Gasteiger partial charge in [0.1, 0.15) is 5.82 Å². The highest BCUT2D eigenvalue weighted by Gasteiger charge is 2.25. The Kier molecular flexibility index (Phi) is 5.35. The molecule has 0 radical (unpaired) electrons. The Morgan fingerprint density at radius 2 is 2.00 bits per heavy atom. The van der Waals surface area contributed by atoms with Crippen molar-refractivity contribution in [3.63, 3.8) is 0 Å². The molecule has 0 saturated carbocycles. The molecule has 1 heterocycles. The molecule has 0 atom stereocenters. The first-order valence-corrected chi connectivity index (χ1v) is 8.91. The van der Waals surface area contributed by atoms with Gasteiger partial charge in [-0.25, -0.2) is 17.5 Å². The number of nitrogens with zero attached hydrogens (tertiary/aromatic N) is 1. The highest BCUT2D eigenvalue weighted by atomic mass is 32.2. The van der Waals surface area contributed by atoms with Crippen molar-refractivity contribution in [3.05, 3.63) is 29.6 Å². The number of rotatable bonds is 5. The summed E-state index contributed by atoms with van der Waals surface area (Å²) < 4.78 is 40.6. The average molecular weight is 314 g/mol. The Balaban J connectivity index is 2.02. The Morgan fingerprint density at radius 3 is 2.57 bits per heavy atom. The predicted octanol–water partition coefficient (Wildman–Crippen LogP) is 2.29. The van der Waals surface area contributed by atoms with Crippen LogP contribution in [0.1, 0.15) is 31.7 Å². The lowest BCUT2D eigenvalue weighted by molar-refractivity contribution is 0.208. The van der Waals surface area contributed by atoms with Crippen LogP contribution in [0.2, 0.25) is 0 Å². The molecule has 6 heteroatoms. The molecule has 0 amide bonds. The van der Waals surface area contributed by atoms with Crippen LogP contribution in [0.3, 0.4) is 0 Å². The fraction of sp³-hybridized carbons (Fsp3) is 0.600. The third kappa shape index (κ3) is 4.25. The molecule has 1 N–H and O–H groups in total. The van der Waals surface area contributed by atoms with Crippen molar-refractivity contribution in [3.8, 4) is 0 Å². The largest absolute Gasteiger partial charge is 0.303 e. The summed E-state index contributed by atoms with van der Waals surface area (Å²) in [6.45, 7) is 6.66. The minimum atomic E-state index is -3.57. The van der Waals surface area contributed by atoms with E-state index in [0.29, 0.717) is 5.56 Å². The number of likely N-dealkylation sites (tertiary alicyclic amines) is 1. The molecule has 1 aromatic rings. The average Bonchev–Trinajstić information content (AvgIpc) is 2.40. The zero-order valence-electron chi connectivity index (χ0n) is 12.6. The van der Waals surface area contributed by atoms with E-state index in [1.165, 1.54) is 18.2 Å². The van der Waals surface area contributed by atoms with E-state index in [1.54, 1.807) is 6.92 Å². The van der Waals surface area contributed by atoms with Gasteiger partial charge in [-0.05, 0) is 69.6 Å². The van der Waals surface area contributed by atoms with Gasteiger partial charge in [0.15, 0.2) is 0 Å². The molecular formula is C15H23FN2O2S. The van der Waals surface area contributed by atoms with Gasteiger partial charge >= 0.3 is 0 Å². The van der Waals surface area contributed by atoms with E-state index >= 15 is 0 Å². The van der Waals surface area contributed by atoms with E-state index in [9.17, 15) is 12.8 Å². The van der Waals surface area contributed by atoms with Gasteiger partial charge in [-0.2, -0.15) is 0 Å². The standard InChI is InChI=1S/C15H23FN2O2S/c1-3-8-18-9-6-14(7-10-18)17-21(19,20)15-5-4-13(16)11-12(15)2/h4-5,11,14,17H,3,6-10H2,1-2H3. The summed E-state index contributed by atoms with van der Waals surface area (Å²) in [6, 6.07) is 3.73. The van der Waals surface area contributed by atoms with Gasteiger partial charge in [-0.3, -0.25) is 0 Å². The van der Waals surface area contributed by atoms with Crippen LogP contribution in [0.5, 0.6) is 0 Å². The molecule has 1 aliphatic rings. The Morgan fingerprint density at radius 1 is 1.33 bits per heavy atom. The molecule has 4 nitrogen and oxygen atoms in total. The van der Waals surface area contributed by atoms with Crippen LogP contribution in [0.25, 0.3) is 0 Å². The van der Waals surface area contributed by atoms with Gasteiger partial charge in [0.25, 0.3) is 0 Å². The molecule has 0 bridgehead atoms. The number of piperidine rings is 1. The second-order valence-electron chi connectivity index (χ2n) is 5.65. The van der Waals surface area contributed by atoms with E-state index in [4.69, 9.17) is 0 Å². The van der Waals surface area contributed by atoms with Crippen LogP contribution in [0, 0.1) is 12.7 Å². The predicted molar refractivity (Wildman–Crippen MR) is 81.2 cm³/mol. The van der Waals surface area contributed by atoms with Crippen molar-refractivity contribution in [2.45, 2.75) is 44.0 Å². The van der Waals surface area contributed by atoms with Gasteiger partial charge in [0.05, 0.1) is 4.90 Å². The molecule has 0 unspecified atom stereocenters. The lowest BCUT2D eigenvalue weighted by Crippen LogP contribution is -2.44. The highest BCUT2D eigenvalue weighted by Crippen LogP contribution is 2.19. The van der Waals surface area contributed by atoms with Gasteiger partial charge in [-0.1, -0.05) is 6.92 Å². The van der Waals surface area contributed by atoms with E-state index < -0.39 is 15.8 Å². The molecule has 0 spiro atoms. The van der Waals surface area contributed by atoms with Crippen LogP contribution >= 0.6 is 0 Å². The molecule has 2 rings (SSSR count). The summed E-state index contributed by atoms with van der Waals surface area (Å²) in [7, 11) is -3.57. The number of aryl methyl sites for hydroxylation is 1. The van der Waals surface area contributed by atoms with E-state index in [2.05, 4.69) is 16.5 Å². The number of nitrogens with one attached hydrogen (secondary N) is 1. The minimum Gasteiger partial charge on any atom is -0.303 e. The van der Waals surface area contributed by atoms with Gasteiger partial charge < -0.3 is 4.90 Å². The third-order valence-corrected chi connectivity index (χ3v) is 5.56. The molecule has 1 saturated heterocycles. The normalized spacial score (nSPS) is 18.0. The summed E-state index contributed by atoms with van der Waals surface area (Å²) in [5, 5.41) is 0. The van der Waals surface area contributed by atoms with Crippen molar-refractivity contribution >= 4 is 10.0 Å². The maximum absolute atomic E-state index is 13.1. The first kappa shape index (κ1) is 16.4. The molecule has 1 aliphatic heterocycles. The van der Waals surface area contributed by atoms with E-state index in [-0.39, 0.29) is 10.9 Å². The summed E-state index contributed by atoms with van der Waals surface area (Å²) in [5.74, 6) is -0.417. The summed E-state index contributed by atoms with van der Waals surface area (Å²) in [6.07, 6.45) is 2.75. The summed E-state index contributed by atoms with van der Waals surface area (Å²) >= 11 is 0. The third-order valence-electron chi connectivity index (χ3n) is 3.88. The second kappa shape index (κ2) is 6.85. The van der Waals surface area contributed by atoms with Crippen LogP contribution < -0.4 is 4.72 Å². The van der Waals surface area contributed by atoms with Crippen LogP contribution in [-0.2, 0) is 10.0 Å². The molecule has 0 aromatic heterocycles. The minimum absolute atomic E-state index is 0.0347. The number of benzene rings is 1. The number of halogens is 1. The summed E-state index contributed by atoms with van der Waals surface area (Å²) in [5.41, 5.74) is 0.436. The smallest absolute Gasteiger partial charge is 0.241 e. The lowest BCUT2D eigenvalue weighted by Gasteiger charge is -2.32. The first-order valence-electron chi connectivity index (χ1n) is 7.43. The van der Waals surface area contributed by atoms with Crippen LogP contribution in [0.15, 0.2) is 23.1 Å². The van der Waals surface area contributed by atoms with Gasteiger partial charge in [-0.15, -0.1) is 0 Å². The molecular weight excluding hydrogens is 291 g/mol. The van der Waals surface area contributed by atoms with Crippen molar-refractivity contribution in [1.29, 1.82) is 0 Å². The van der Waals surface area contributed by atoms with Crippen LogP contribution in [0.4, 0.5) is 4.39 Å². The Hall–Kier alpha value is -0.980. The highest BCUT2D eigenvalue weighted by molar-refractivity contribution is 7.89. The first-order chi connectivity index (χ1) is 9.92. The molecule has 1 aromatic carbocycles. The fourth-order valence-electron chi connectivity index (χ4n) is 2.79. The maximum Gasteiger partial charge on any atom is 0.241 e. The number of hydrogen-bond acceptors (Lipinski definition) is 3. The number of sulfonamides is 1. The molecule has 1 fully saturated rings. The second-order valence-corrected chi connectivity index (χ2v) is 7.33. The summed E-state index contributed by atoms with van der Waals surface area (Å²) in [4.78, 5) is 2.52. The molecule has 21 heavy (non-hydrogen) atoms. The fourth-order valence-corrected chi connectivity index (χ4v) is 4.32. The quantitative estimate of drug-likeness (QED) is 0.907. The Labute approximate surface area is 126 Å². The van der Waals surface area contributed by atoms with Gasteiger partial charge in [0, 0.05) is 6.04 Å². The van der Waals surface area contributed by atoms with Crippen molar-refractivity contribution in [2.75, 3.05) is 19.6 Å². The lowest BCUT2D eigenvalue weighted by atomic mass is 10.1. The Bertz CT molecular complexity index is 581. The van der Waals surface area contributed by atoms with Gasteiger partial charge in [0.2, 0.25) is 10.0 Å². The topological polar surface area (TPSA) is 49.4 Å².